The number of hydrogen-bond acceptors (Lipinski definition) is 2. The lowest BCUT2D eigenvalue weighted by atomic mass is 10.2. The SMILES string of the molecule is CCCCC(C)NS(=O)(=O)c1ccc(C)cc1Br. The number of sulfonamides is 1. The van der Waals surface area contributed by atoms with Gasteiger partial charge >= 0.3 is 0 Å². The molecule has 0 fully saturated rings. The van der Waals surface area contributed by atoms with Crippen molar-refractivity contribution in [3.05, 3.63) is 28.2 Å². The summed E-state index contributed by atoms with van der Waals surface area (Å²) in [4.78, 5) is 0.302. The molecule has 0 aliphatic heterocycles. The maximum atomic E-state index is 12.2. The first-order chi connectivity index (χ1) is 8.36. The Hall–Kier alpha value is -0.390. The largest absolute Gasteiger partial charge is 0.241 e. The van der Waals surface area contributed by atoms with Gasteiger partial charge in [-0.1, -0.05) is 25.8 Å². The average molecular weight is 334 g/mol. The van der Waals surface area contributed by atoms with Crippen LogP contribution in [0.4, 0.5) is 0 Å². The van der Waals surface area contributed by atoms with Crippen molar-refractivity contribution < 1.29 is 8.42 Å². The standard InChI is InChI=1S/C13H20BrNO2S/c1-4-5-6-11(3)15-18(16,17)13-8-7-10(2)9-12(13)14/h7-9,11,15H,4-6H2,1-3H3. The molecule has 0 saturated carbocycles. The van der Waals surface area contributed by atoms with Crippen LogP contribution in [-0.2, 0) is 10.0 Å². The van der Waals surface area contributed by atoms with Crippen molar-refractivity contribution in [2.24, 2.45) is 0 Å². The molecule has 1 atom stereocenters. The first-order valence-corrected chi connectivity index (χ1v) is 8.43. The highest BCUT2D eigenvalue weighted by molar-refractivity contribution is 9.10. The molecule has 0 spiro atoms. The second kappa shape index (κ2) is 6.68. The molecule has 1 unspecified atom stereocenters. The Bertz CT molecular complexity index is 500. The van der Waals surface area contributed by atoms with Crippen molar-refractivity contribution in [1.29, 1.82) is 0 Å². The molecule has 0 amide bonds. The second-order valence-corrected chi connectivity index (χ2v) is 7.14. The van der Waals surface area contributed by atoms with Crippen molar-refractivity contribution in [3.63, 3.8) is 0 Å². The van der Waals surface area contributed by atoms with Crippen molar-refractivity contribution in [3.8, 4) is 0 Å². The van der Waals surface area contributed by atoms with Crippen molar-refractivity contribution in [1.82, 2.24) is 4.72 Å². The highest BCUT2D eigenvalue weighted by atomic mass is 79.9. The maximum Gasteiger partial charge on any atom is 0.241 e. The van der Waals surface area contributed by atoms with Gasteiger partial charge in [0.05, 0.1) is 4.90 Å². The molecule has 0 aliphatic carbocycles. The van der Waals surface area contributed by atoms with Gasteiger partial charge in [-0.2, -0.15) is 0 Å². The van der Waals surface area contributed by atoms with E-state index in [1.165, 1.54) is 0 Å². The van der Waals surface area contributed by atoms with Gasteiger partial charge in [0.25, 0.3) is 0 Å². The van der Waals surface area contributed by atoms with E-state index in [9.17, 15) is 8.42 Å². The van der Waals surface area contributed by atoms with Gasteiger partial charge in [0.15, 0.2) is 0 Å². The van der Waals surface area contributed by atoms with Gasteiger partial charge in [-0.3, -0.25) is 0 Å². The van der Waals surface area contributed by atoms with Crippen molar-refractivity contribution >= 4 is 26.0 Å². The minimum absolute atomic E-state index is 0.0387. The molecule has 0 bridgehead atoms. The number of unbranched alkanes of at least 4 members (excludes halogenated alkanes) is 1. The summed E-state index contributed by atoms with van der Waals surface area (Å²) in [7, 11) is -3.43. The van der Waals surface area contributed by atoms with Crippen LogP contribution in [0.1, 0.15) is 38.7 Å². The predicted molar refractivity (Wildman–Crippen MR) is 78.2 cm³/mol. The van der Waals surface area contributed by atoms with Crippen LogP contribution in [0.25, 0.3) is 0 Å². The Labute approximate surface area is 118 Å². The quantitative estimate of drug-likeness (QED) is 0.864. The van der Waals surface area contributed by atoms with Crippen molar-refractivity contribution in [2.45, 2.75) is 51.0 Å². The highest BCUT2D eigenvalue weighted by Gasteiger charge is 2.19. The summed E-state index contributed by atoms with van der Waals surface area (Å²) in [6.07, 6.45) is 2.96. The number of halogens is 1. The lowest BCUT2D eigenvalue weighted by Gasteiger charge is -2.14. The van der Waals surface area contributed by atoms with E-state index >= 15 is 0 Å². The second-order valence-electron chi connectivity index (χ2n) is 4.60. The van der Waals surface area contributed by atoms with E-state index in [1.54, 1.807) is 12.1 Å². The predicted octanol–water partition coefficient (Wildman–Crippen LogP) is 3.61. The molecular formula is C13H20BrNO2S. The molecule has 1 rings (SSSR count). The summed E-state index contributed by atoms with van der Waals surface area (Å²) in [5.41, 5.74) is 1.03. The number of benzene rings is 1. The van der Waals surface area contributed by atoms with Crippen LogP contribution in [0.2, 0.25) is 0 Å². The molecule has 1 N–H and O–H groups in total. The fraction of sp³-hybridized carbons (Fsp3) is 0.538. The summed E-state index contributed by atoms with van der Waals surface area (Å²) in [5.74, 6) is 0. The lowest BCUT2D eigenvalue weighted by Crippen LogP contribution is -2.32. The molecule has 102 valence electrons. The smallest absolute Gasteiger partial charge is 0.208 e. The summed E-state index contributed by atoms with van der Waals surface area (Å²) in [6.45, 7) is 5.92. The number of hydrogen-bond donors (Lipinski definition) is 1. The summed E-state index contributed by atoms with van der Waals surface area (Å²) in [6, 6.07) is 5.21. The third-order valence-electron chi connectivity index (χ3n) is 2.72. The van der Waals surface area contributed by atoms with Crippen molar-refractivity contribution in [2.75, 3.05) is 0 Å². The molecule has 5 heteroatoms. The zero-order valence-electron chi connectivity index (χ0n) is 11.0. The summed E-state index contributed by atoms with van der Waals surface area (Å²) in [5, 5.41) is 0. The number of nitrogens with one attached hydrogen (secondary N) is 1. The Balaban J connectivity index is 2.86. The first kappa shape index (κ1) is 15.7. The first-order valence-electron chi connectivity index (χ1n) is 6.15. The Morgan fingerprint density at radius 3 is 2.61 bits per heavy atom. The molecule has 0 heterocycles. The number of rotatable bonds is 6. The topological polar surface area (TPSA) is 46.2 Å². The van der Waals surface area contributed by atoms with E-state index in [0.29, 0.717) is 9.37 Å². The minimum atomic E-state index is -3.43. The fourth-order valence-corrected chi connectivity index (χ4v) is 4.19. The monoisotopic (exact) mass is 333 g/mol. The fourth-order valence-electron chi connectivity index (χ4n) is 1.72. The van der Waals surface area contributed by atoms with Crippen LogP contribution in [0.15, 0.2) is 27.6 Å². The lowest BCUT2D eigenvalue weighted by molar-refractivity contribution is 0.534. The Kier molecular flexibility index (Phi) is 5.82. The van der Waals surface area contributed by atoms with Crippen LogP contribution in [-0.4, -0.2) is 14.5 Å². The summed E-state index contributed by atoms with van der Waals surface area (Å²) < 4.78 is 27.7. The van der Waals surface area contributed by atoms with E-state index in [-0.39, 0.29) is 6.04 Å². The van der Waals surface area contributed by atoms with Gasteiger partial charge in [-0.05, 0) is 53.9 Å². The maximum absolute atomic E-state index is 12.2. The zero-order valence-corrected chi connectivity index (χ0v) is 13.4. The van der Waals surface area contributed by atoms with Crippen LogP contribution >= 0.6 is 15.9 Å². The molecule has 18 heavy (non-hydrogen) atoms. The molecule has 0 aromatic heterocycles. The average Bonchev–Trinajstić information content (AvgIpc) is 2.25. The van der Waals surface area contributed by atoms with Gasteiger partial charge in [-0.15, -0.1) is 0 Å². The van der Waals surface area contributed by atoms with Crippen LogP contribution in [0, 0.1) is 6.92 Å². The van der Waals surface area contributed by atoms with Crippen LogP contribution < -0.4 is 4.72 Å². The molecule has 1 aromatic rings. The molecule has 0 saturated heterocycles. The van der Waals surface area contributed by atoms with Gasteiger partial charge in [0, 0.05) is 10.5 Å². The minimum Gasteiger partial charge on any atom is -0.208 e. The van der Waals surface area contributed by atoms with Gasteiger partial charge < -0.3 is 0 Å². The third-order valence-corrected chi connectivity index (χ3v) is 5.29. The van der Waals surface area contributed by atoms with E-state index in [4.69, 9.17) is 0 Å². The number of aryl methyl sites for hydroxylation is 1. The Morgan fingerprint density at radius 1 is 1.39 bits per heavy atom. The van der Waals surface area contributed by atoms with Gasteiger partial charge in [-0.25, -0.2) is 13.1 Å². The van der Waals surface area contributed by atoms with E-state index in [2.05, 4.69) is 27.6 Å². The molecule has 3 nitrogen and oxygen atoms in total. The summed E-state index contributed by atoms with van der Waals surface area (Å²) >= 11 is 3.31. The zero-order chi connectivity index (χ0) is 13.8. The third kappa shape index (κ3) is 4.37. The van der Waals surface area contributed by atoms with E-state index < -0.39 is 10.0 Å². The van der Waals surface area contributed by atoms with Crippen LogP contribution in [0.5, 0.6) is 0 Å². The molecular weight excluding hydrogens is 314 g/mol. The van der Waals surface area contributed by atoms with E-state index in [1.807, 2.05) is 19.9 Å². The Morgan fingerprint density at radius 2 is 2.06 bits per heavy atom. The molecule has 0 radical (unpaired) electrons. The van der Waals surface area contributed by atoms with E-state index in [0.717, 1.165) is 24.8 Å². The highest BCUT2D eigenvalue weighted by Crippen LogP contribution is 2.23. The normalized spacial score (nSPS) is 13.6. The van der Waals surface area contributed by atoms with Gasteiger partial charge in [0.2, 0.25) is 10.0 Å². The van der Waals surface area contributed by atoms with Gasteiger partial charge in [0.1, 0.15) is 0 Å². The van der Waals surface area contributed by atoms with Crippen LogP contribution in [0.3, 0.4) is 0 Å². The molecule has 1 aromatic carbocycles. The molecule has 0 aliphatic rings.